The SMILES string of the molecule is Fc1ccc(Br)cc1CNCCOCCCl. The third kappa shape index (κ3) is 5.25. The number of benzene rings is 1. The zero-order valence-corrected chi connectivity index (χ0v) is 11.2. The van der Waals surface area contributed by atoms with Crippen LogP contribution >= 0.6 is 27.5 Å². The zero-order chi connectivity index (χ0) is 11.8. The van der Waals surface area contributed by atoms with Crippen molar-refractivity contribution in [2.45, 2.75) is 6.54 Å². The zero-order valence-electron chi connectivity index (χ0n) is 8.81. The topological polar surface area (TPSA) is 21.3 Å². The molecule has 0 atom stereocenters. The van der Waals surface area contributed by atoms with Crippen LogP contribution in [-0.4, -0.2) is 25.6 Å². The molecule has 1 aromatic carbocycles. The van der Waals surface area contributed by atoms with Crippen LogP contribution in [0.3, 0.4) is 0 Å². The van der Waals surface area contributed by atoms with Crippen molar-refractivity contribution < 1.29 is 9.13 Å². The van der Waals surface area contributed by atoms with E-state index in [0.717, 1.165) is 4.47 Å². The Morgan fingerprint density at radius 3 is 2.94 bits per heavy atom. The van der Waals surface area contributed by atoms with Crippen molar-refractivity contribution in [3.63, 3.8) is 0 Å². The summed E-state index contributed by atoms with van der Waals surface area (Å²) in [6.45, 7) is 2.31. The minimum atomic E-state index is -0.197. The Morgan fingerprint density at radius 1 is 1.38 bits per heavy atom. The van der Waals surface area contributed by atoms with Crippen molar-refractivity contribution in [2.24, 2.45) is 0 Å². The predicted molar refractivity (Wildman–Crippen MR) is 67.3 cm³/mol. The lowest BCUT2D eigenvalue weighted by molar-refractivity contribution is 0.150. The van der Waals surface area contributed by atoms with Gasteiger partial charge in [-0.05, 0) is 18.2 Å². The molecular weight excluding hydrogens is 296 g/mol. The number of ether oxygens (including phenoxy) is 1. The summed E-state index contributed by atoms with van der Waals surface area (Å²) >= 11 is 8.75. The van der Waals surface area contributed by atoms with Crippen molar-refractivity contribution in [3.05, 3.63) is 34.1 Å². The lowest BCUT2D eigenvalue weighted by atomic mass is 10.2. The van der Waals surface area contributed by atoms with Crippen molar-refractivity contribution in [2.75, 3.05) is 25.6 Å². The van der Waals surface area contributed by atoms with E-state index < -0.39 is 0 Å². The molecule has 0 aliphatic rings. The van der Waals surface area contributed by atoms with E-state index >= 15 is 0 Å². The molecule has 0 aliphatic heterocycles. The molecule has 0 bridgehead atoms. The van der Waals surface area contributed by atoms with Gasteiger partial charge in [-0.3, -0.25) is 0 Å². The van der Waals surface area contributed by atoms with Gasteiger partial charge in [-0.15, -0.1) is 11.6 Å². The van der Waals surface area contributed by atoms with E-state index in [1.165, 1.54) is 6.07 Å². The molecule has 5 heteroatoms. The molecule has 16 heavy (non-hydrogen) atoms. The van der Waals surface area contributed by atoms with E-state index in [0.29, 0.717) is 37.7 Å². The maximum atomic E-state index is 13.3. The van der Waals surface area contributed by atoms with Crippen LogP contribution in [0.5, 0.6) is 0 Å². The molecule has 0 aromatic heterocycles. The molecule has 1 aromatic rings. The molecule has 2 nitrogen and oxygen atoms in total. The minimum Gasteiger partial charge on any atom is -0.379 e. The summed E-state index contributed by atoms with van der Waals surface area (Å²) in [5.74, 6) is 0.303. The fraction of sp³-hybridized carbons (Fsp3) is 0.455. The van der Waals surface area contributed by atoms with Gasteiger partial charge in [-0.2, -0.15) is 0 Å². The highest BCUT2D eigenvalue weighted by atomic mass is 79.9. The Hall–Kier alpha value is -0.160. The normalized spacial score (nSPS) is 10.7. The molecule has 1 N–H and O–H groups in total. The highest BCUT2D eigenvalue weighted by molar-refractivity contribution is 9.10. The van der Waals surface area contributed by atoms with Crippen molar-refractivity contribution in [1.82, 2.24) is 5.32 Å². The van der Waals surface area contributed by atoms with Crippen LogP contribution in [-0.2, 0) is 11.3 Å². The van der Waals surface area contributed by atoms with Crippen LogP contribution in [0.15, 0.2) is 22.7 Å². The molecule has 90 valence electrons. The van der Waals surface area contributed by atoms with E-state index in [-0.39, 0.29) is 5.82 Å². The van der Waals surface area contributed by atoms with Crippen LogP contribution in [0.2, 0.25) is 0 Å². The third-order valence-corrected chi connectivity index (χ3v) is 2.62. The van der Waals surface area contributed by atoms with Crippen molar-refractivity contribution >= 4 is 27.5 Å². The second-order valence-electron chi connectivity index (χ2n) is 3.21. The molecule has 0 unspecified atom stereocenters. The second-order valence-corrected chi connectivity index (χ2v) is 4.51. The Kier molecular flexibility index (Phi) is 6.96. The predicted octanol–water partition coefficient (Wildman–Crippen LogP) is 2.93. The number of halogens is 3. The first-order chi connectivity index (χ1) is 7.74. The first-order valence-corrected chi connectivity index (χ1v) is 6.35. The van der Waals surface area contributed by atoms with Gasteiger partial charge in [0.05, 0.1) is 13.2 Å². The first-order valence-electron chi connectivity index (χ1n) is 5.02. The monoisotopic (exact) mass is 309 g/mol. The molecule has 0 saturated carbocycles. The highest BCUT2D eigenvalue weighted by Crippen LogP contribution is 2.15. The number of hydrogen-bond donors (Lipinski definition) is 1. The standard InChI is InChI=1S/C11H14BrClFNO/c12-10-1-2-11(14)9(7-10)8-15-4-6-16-5-3-13/h1-2,7,15H,3-6,8H2. The Labute approximate surface area is 108 Å². The summed E-state index contributed by atoms with van der Waals surface area (Å²) in [6, 6.07) is 4.90. The van der Waals surface area contributed by atoms with E-state index in [2.05, 4.69) is 21.2 Å². The fourth-order valence-electron chi connectivity index (χ4n) is 1.20. The summed E-state index contributed by atoms with van der Waals surface area (Å²) in [4.78, 5) is 0. The Morgan fingerprint density at radius 2 is 2.19 bits per heavy atom. The average molecular weight is 311 g/mol. The summed E-state index contributed by atoms with van der Waals surface area (Å²) in [5, 5.41) is 3.10. The molecule has 0 heterocycles. The van der Waals surface area contributed by atoms with Crippen LogP contribution in [0.4, 0.5) is 4.39 Å². The molecule has 0 amide bonds. The van der Waals surface area contributed by atoms with Gasteiger partial charge < -0.3 is 10.1 Å². The summed E-state index contributed by atoms with van der Waals surface area (Å²) < 4.78 is 19.3. The van der Waals surface area contributed by atoms with E-state index in [1.54, 1.807) is 12.1 Å². The maximum absolute atomic E-state index is 13.3. The Bertz CT molecular complexity index is 325. The summed E-state index contributed by atoms with van der Waals surface area (Å²) in [5.41, 5.74) is 0.645. The van der Waals surface area contributed by atoms with E-state index in [9.17, 15) is 4.39 Å². The first kappa shape index (κ1) is 13.9. The molecule has 0 aliphatic carbocycles. The molecule has 0 spiro atoms. The summed E-state index contributed by atoms with van der Waals surface area (Å²) in [6.07, 6.45) is 0. The number of hydrogen-bond acceptors (Lipinski definition) is 2. The van der Waals surface area contributed by atoms with Crippen LogP contribution in [0, 0.1) is 5.82 Å². The van der Waals surface area contributed by atoms with Gasteiger partial charge in [-0.1, -0.05) is 15.9 Å². The molecule has 1 rings (SSSR count). The summed E-state index contributed by atoms with van der Waals surface area (Å²) in [7, 11) is 0. The van der Waals surface area contributed by atoms with Gasteiger partial charge in [0.15, 0.2) is 0 Å². The van der Waals surface area contributed by atoms with Crippen molar-refractivity contribution in [3.8, 4) is 0 Å². The van der Waals surface area contributed by atoms with Gasteiger partial charge in [0.25, 0.3) is 0 Å². The second kappa shape index (κ2) is 8.01. The number of rotatable bonds is 7. The molecule has 0 radical (unpaired) electrons. The molecular formula is C11H14BrClFNO. The number of alkyl halides is 1. The number of nitrogens with one attached hydrogen (secondary N) is 1. The van der Waals surface area contributed by atoms with Gasteiger partial charge in [0.2, 0.25) is 0 Å². The Balaban J connectivity index is 2.23. The van der Waals surface area contributed by atoms with E-state index in [1.807, 2.05) is 0 Å². The van der Waals surface area contributed by atoms with Crippen LogP contribution in [0.25, 0.3) is 0 Å². The van der Waals surface area contributed by atoms with Crippen LogP contribution < -0.4 is 5.32 Å². The fourth-order valence-corrected chi connectivity index (χ4v) is 1.72. The average Bonchev–Trinajstić information content (AvgIpc) is 2.28. The highest BCUT2D eigenvalue weighted by Gasteiger charge is 2.01. The third-order valence-electron chi connectivity index (χ3n) is 1.97. The minimum absolute atomic E-state index is 0.197. The quantitative estimate of drug-likeness (QED) is 0.617. The maximum Gasteiger partial charge on any atom is 0.127 e. The van der Waals surface area contributed by atoms with E-state index in [4.69, 9.17) is 16.3 Å². The lowest BCUT2D eigenvalue weighted by Crippen LogP contribution is -2.20. The van der Waals surface area contributed by atoms with Crippen LogP contribution in [0.1, 0.15) is 5.56 Å². The van der Waals surface area contributed by atoms with Gasteiger partial charge >= 0.3 is 0 Å². The van der Waals surface area contributed by atoms with Crippen molar-refractivity contribution in [1.29, 1.82) is 0 Å². The van der Waals surface area contributed by atoms with Gasteiger partial charge in [0.1, 0.15) is 5.82 Å². The smallest absolute Gasteiger partial charge is 0.127 e. The lowest BCUT2D eigenvalue weighted by Gasteiger charge is -2.06. The molecule has 0 saturated heterocycles. The van der Waals surface area contributed by atoms with Gasteiger partial charge in [-0.25, -0.2) is 4.39 Å². The van der Waals surface area contributed by atoms with Gasteiger partial charge in [0, 0.05) is 29.0 Å². The largest absolute Gasteiger partial charge is 0.379 e. The molecule has 0 fully saturated rings.